The first kappa shape index (κ1) is 16.5. The smallest absolute Gasteiger partial charge is 0.258 e. The maximum Gasteiger partial charge on any atom is 0.284 e. The number of benzene rings is 2. The lowest BCUT2D eigenvalue weighted by atomic mass is 9.86. The Hall–Kier alpha value is -3.36. The Balaban J connectivity index is 2.38. The van der Waals surface area contributed by atoms with Crippen molar-refractivity contribution in [1.29, 1.82) is 0 Å². The van der Waals surface area contributed by atoms with Crippen LogP contribution < -0.4 is 0 Å². The molecule has 25 heavy (non-hydrogen) atoms. The summed E-state index contributed by atoms with van der Waals surface area (Å²) in [6, 6.07) is 6.44. The number of fused-ring (bicyclic) bond motifs is 3. The van der Waals surface area contributed by atoms with Gasteiger partial charge in [-0.15, -0.1) is 0 Å². The number of nitrogens with zero attached hydrogens (tertiary/aromatic N) is 3. The molecule has 1 aliphatic carbocycles. The van der Waals surface area contributed by atoms with E-state index in [0.29, 0.717) is 22.3 Å². The predicted molar refractivity (Wildman–Crippen MR) is 88.5 cm³/mol. The molecule has 0 aromatic heterocycles. The molecule has 1 atom stereocenters. The van der Waals surface area contributed by atoms with E-state index >= 15 is 0 Å². The minimum atomic E-state index is -0.671. The van der Waals surface area contributed by atoms with E-state index in [2.05, 4.69) is 0 Å². The van der Waals surface area contributed by atoms with E-state index < -0.39 is 14.8 Å². The Morgan fingerprint density at radius 3 is 1.96 bits per heavy atom. The van der Waals surface area contributed by atoms with Crippen LogP contribution in [0.4, 0.5) is 17.1 Å². The number of hydrogen-bond donors (Lipinski definition) is 0. The Morgan fingerprint density at radius 2 is 1.44 bits per heavy atom. The second-order valence-corrected chi connectivity index (χ2v) is 6.19. The fraction of sp³-hybridized carbons (Fsp3) is 0.250. The van der Waals surface area contributed by atoms with Crippen molar-refractivity contribution in [2.24, 2.45) is 5.92 Å². The molecule has 0 aliphatic heterocycles. The van der Waals surface area contributed by atoms with E-state index in [1.165, 1.54) is 24.3 Å². The normalized spacial score (nSPS) is 14.9. The van der Waals surface area contributed by atoms with Gasteiger partial charge in [0.25, 0.3) is 17.1 Å². The monoisotopic (exact) mass is 343 g/mol. The van der Waals surface area contributed by atoms with Crippen molar-refractivity contribution in [3.63, 3.8) is 0 Å². The lowest BCUT2D eigenvalue weighted by Crippen LogP contribution is -2.06. The van der Waals surface area contributed by atoms with Crippen LogP contribution in [-0.4, -0.2) is 14.8 Å². The van der Waals surface area contributed by atoms with Gasteiger partial charge in [0.2, 0.25) is 0 Å². The molecule has 9 nitrogen and oxygen atoms in total. The molecule has 0 N–H and O–H groups in total. The summed E-state index contributed by atoms with van der Waals surface area (Å²) in [5, 5.41) is 33.7. The molecule has 3 rings (SSSR count). The summed E-state index contributed by atoms with van der Waals surface area (Å²) < 4.78 is 0. The van der Waals surface area contributed by atoms with Crippen LogP contribution in [-0.2, 0) is 0 Å². The van der Waals surface area contributed by atoms with Gasteiger partial charge in [0, 0.05) is 24.1 Å². The van der Waals surface area contributed by atoms with Crippen molar-refractivity contribution in [3.05, 3.63) is 71.8 Å². The highest BCUT2D eigenvalue weighted by molar-refractivity contribution is 5.87. The summed E-state index contributed by atoms with van der Waals surface area (Å²) in [6.45, 7) is 3.74. The van der Waals surface area contributed by atoms with Crippen LogP contribution >= 0.6 is 0 Å². The lowest BCUT2D eigenvalue weighted by Gasteiger charge is -2.17. The van der Waals surface area contributed by atoms with Crippen molar-refractivity contribution in [2.45, 2.75) is 19.8 Å². The van der Waals surface area contributed by atoms with Gasteiger partial charge >= 0.3 is 0 Å². The molecule has 2 aromatic carbocycles. The summed E-state index contributed by atoms with van der Waals surface area (Å²) in [5.74, 6) is -0.438. The molecule has 0 spiro atoms. The van der Waals surface area contributed by atoms with E-state index in [0.717, 1.165) is 6.07 Å². The number of hydrogen-bond acceptors (Lipinski definition) is 6. The first-order chi connectivity index (χ1) is 11.7. The maximum absolute atomic E-state index is 11.5. The van der Waals surface area contributed by atoms with Crippen LogP contribution in [0, 0.1) is 36.3 Å². The van der Waals surface area contributed by atoms with Crippen molar-refractivity contribution >= 4 is 17.1 Å². The van der Waals surface area contributed by atoms with Gasteiger partial charge in [-0.3, -0.25) is 30.3 Å². The fourth-order valence-corrected chi connectivity index (χ4v) is 3.46. The van der Waals surface area contributed by atoms with E-state index in [1.54, 1.807) is 0 Å². The van der Waals surface area contributed by atoms with Gasteiger partial charge in [-0.1, -0.05) is 13.8 Å². The Morgan fingerprint density at radius 1 is 0.840 bits per heavy atom. The van der Waals surface area contributed by atoms with Crippen LogP contribution in [0.2, 0.25) is 0 Å². The summed E-state index contributed by atoms with van der Waals surface area (Å²) in [6.07, 6.45) is 0. The third-order valence-corrected chi connectivity index (χ3v) is 4.39. The van der Waals surface area contributed by atoms with Crippen molar-refractivity contribution in [3.8, 4) is 11.1 Å². The zero-order valence-electron chi connectivity index (χ0n) is 13.3. The quantitative estimate of drug-likeness (QED) is 0.604. The summed E-state index contributed by atoms with van der Waals surface area (Å²) in [5.41, 5.74) is 1.03. The van der Waals surface area contributed by atoms with E-state index in [1.807, 2.05) is 13.8 Å². The third-order valence-electron chi connectivity index (χ3n) is 4.39. The van der Waals surface area contributed by atoms with Crippen LogP contribution in [0.1, 0.15) is 30.9 Å². The first-order valence-corrected chi connectivity index (χ1v) is 7.47. The second kappa shape index (κ2) is 5.62. The van der Waals surface area contributed by atoms with Gasteiger partial charge in [-0.2, -0.15) is 0 Å². The number of nitro benzene ring substituents is 3. The number of rotatable bonds is 4. The number of non-ortho nitro benzene ring substituents is 2. The Labute approximate surface area is 141 Å². The minimum absolute atomic E-state index is 0.0522. The molecule has 0 saturated heterocycles. The molecular weight excluding hydrogens is 330 g/mol. The molecule has 0 saturated carbocycles. The van der Waals surface area contributed by atoms with Crippen LogP contribution in [0.3, 0.4) is 0 Å². The first-order valence-electron chi connectivity index (χ1n) is 7.47. The molecule has 9 heteroatoms. The summed E-state index contributed by atoms with van der Waals surface area (Å²) in [7, 11) is 0. The van der Waals surface area contributed by atoms with E-state index in [-0.39, 0.29) is 28.9 Å². The topological polar surface area (TPSA) is 129 Å². The molecule has 0 fully saturated rings. The zero-order chi connectivity index (χ0) is 18.5. The minimum Gasteiger partial charge on any atom is -0.258 e. The zero-order valence-corrected chi connectivity index (χ0v) is 13.3. The third kappa shape index (κ3) is 2.49. The highest BCUT2D eigenvalue weighted by atomic mass is 16.6. The van der Waals surface area contributed by atoms with Gasteiger partial charge in [-0.05, 0) is 28.7 Å². The van der Waals surface area contributed by atoms with Crippen LogP contribution in [0.15, 0.2) is 30.3 Å². The lowest BCUT2D eigenvalue weighted by molar-refractivity contribution is -0.393. The molecule has 128 valence electrons. The van der Waals surface area contributed by atoms with Gasteiger partial charge in [0.15, 0.2) is 0 Å². The summed E-state index contributed by atoms with van der Waals surface area (Å²) in [4.78, 5) is 31.9. The fourth-order valence-electron chi connectivity index (χ4n) is 3.46. The standard InChI is InChI=1S/C16H13N3O6/c1-8(2)15-12-5-9(17(20)21)3-4-11(12)16-13(15)6-10(18(22)23)7-14(16)19(24)25/h3-8,15H,1-2H3. The molecular formula is C16H13N3O6. The molecule has 0 bridgehead atoms. The Kier molecular flexibility index (Phi) is 3.71. The molecule has 1 unspecified atom stereocenters. The average Bonchev–Trinajstić information content (AvgIpc) is 2.86. The molecule has 2 aromatic rings. The highest BCUT2D eigenvalue weighted by Crippen LogP contribution is 2.53. The molecule has 0 amide bonds. The number of nitro groups is 3. The average molecular weight is 343 g/mol. The maximum atomic E-state index is 11.5. The second-order valence-electron chi connectivity index (χ2n) is 6.19. The molecule has 1 aliphatic rings. The van der Waals surface area contributed by atoms with Gasteiger partial charge in [0.1, 0.15) is 0 Å². The van der Waals surface area contributed by atoms with Crippen LogP contribution in [0.25, 0.3) is 11.1 Å². The van der Waals surface area contributed by atoms with Crippen LogP contribution in [0.5, 0.6) is 0 Å². The summed E-state index contributed by atoms with van der Waals surface area (Å²) >= 11 is 0. The largest absolute Gasteiger partial charge is 0.284 e. The van der Waals surface area contributed by atoms with Crippen molar-refractivity contribution < 1.29 is 14.8 Å². The SMILES string of the molecule is CC(C)C1c2cc([N+](=O)[O-])ccc2-c2c1cc([N+](=O)[O-])cc2[N+](=O)[O-]. The van der Waals surface area contributed by atoms with E-state index in [9.17, 15) is 30.3 Å². The van der Waals surface area contributed by atoms with E-state index in [4.69, 9.17) is 0 Å². The van der Waals surface area contributed by atoms with Gasteiger partial charge in [0.05, 0.1) is 26.4 Å². The predicted octanol–water partition coefficient (Wildman–Crippen LogP) is 4.18. The molecule has 0 heterocycles. The van der Waals surface area contributed by atoms with Crippen molar-refractivity contribution in [1.82, 2.24) is 0 Å². The van der Waals surface area contributed by atoms with Gasteiger partial charge < -0.3 is 0 Å². The Bertz CT molecular complexity index is 938. The highest BCUT2D eigenvalue weighted by Gasteiger charge is 2.38. The van der Waals surface area contributed by atoms with Crippen molar-refractivity contribution in [2.75, 3.05) is 0 Å². The van der Waals surface area contributed by atoms with Gasteiger partial charge in [-0.25, -0.2) is 0 Å². The molecule has 0 radical (unpaired) electrons.